The van der Waals surface area contributed by atoms with Crippen molar-refractivity contribution in [1.29, 1.82) is 0 Å². The molecule has 0 rings (SSSR count). The minimum atomic E-state index is 0. The molecular weight excluding hydrogens is 414 g/mol. The first kappa shape index (κ1) is 33.8. The lowest BCUT2D eigenvalue weighted by Crippen LogP contribution is -3.05. The highest BCUT2D eigenvalue weighted by atomic mass is 35.5. The molecule has 0 heterocycles. The summed E-state index contributed by atoms with van der Waals surface area (Å²) >= 11 is 0. The van der Waals surface area contributed by atoms with Crippen molar-refractivity contribution in [3.8, 4) is 0 Å². The molecular formula is C29H58ClNO. The van der Waals surface area contributed by atoms with Crippen molar-refractivity contribution in [1.82, 2.24) is 0 Å². The molecule has 32 heavy (non-hydrogen) atoms. The van der Waals surface area contributed by atoms with Crippen LogP contribution in [0.15, 0.2) is 12.7 Å². The molecule has 0 saturated carbocycles. The van der Waals surface area contributed by atoms with Crippen LogP contribution in [0, 0.1) is 0 Å². The van der Waals surface area contributed by atoms with Gasteiger partial charge >= 0.3 is 0 Å². The van der Waals surface area contributed by atoms with E-state index in [4.69, 9.17) is 0 Å². The lowest BCUT2D eigenvalue weighted by molar-refractivity contribution is -0.858. The molecule has 3 heteroatoms. The minimum absolute atomic E-state index is 0. The van der Waals surface area contributed by atoms with Crippen molar-refractivity contribution in [3.63, 3.8) is 0 Å². The van der Waals surface area contributed by atoms with Gasteiger partial charge in [0.15, 0.2) is 5.78 Å². The maximum absolute atomic E-state index is 11.1. The zero-order chi connectivity index (χ0) is 22.8. The van der Waals surface area contributed by atoms with Crippen molar-refractivity contribution in [2.24, 2.45) is 0 Å². The van der Waals surface area contributed by atoms with E-state index in [1.165, 1.54) is 147 Å². The first-order chi connectivity index (χ1) is 15.2. The van der Waals surface area contributed by atoms with Gasteiger partial charge in [-0.2, -0.15) is 0 Å². The number of unbranched alkanes of at least 4 members (excludes halogenated alkanes) is 21. The van der Waals surface area contributed by atoms with E-state index in [0.717, 1.165) is 6.42 Å². The topological polar surface area (TPSA) is 21.5 Å². The molecule has 0 atom stereocenters. The minimum Gasteiger partial charge on any atom is -1.00 e. The fraction of sp³-hybridized carbons (Fsp3) is 0.897. The SMILES string of the molecule is C=CC(=O)CCCCCCCCCCCCCCCCCCCCCCCC[NH+](C)C.[Cl-]. The van der Waals surface area contributed by atoms with Gasteiger partial charge in [0.25, 0.3) is 0 Å². The number of rotatable bonds is 26. The second-order valence-electron chi connectivity index (χ2n) is 10.2. The van der Waals surface area contributed by atoms with Crippen molar-refractivity contribution < 1.29 is 22.1 Å². The van der Waals surface area contributed by atoms with Crippen molar-refractivity contribution in [2.75, 3.05) is 20.6 Å². The van der Waals surface area contributed by atoms with E-state index in [2.05, 4.69) is 20.7 Å². The number of hydrogen-bond donors (Lipinski definition) is 1. The summed E-state index contributed by atoms with van der Waals surface area (Å²) in [6.07, 6.45) is 33.0. The van der Waals surface area contributed by atoms with Gasteiger partial charge in [-0.05, 0) is 25.3 Å². The van der Waals surface area contributed by atoms with Gasteiger partial charge in [-0.15, -0.1) is 0 Å². The summed E-state index contributed by atoms with van der Waals surface area (Å²) < 4.78 is 0. The van der Waals surface area contributed by atoms with Crippen LogP contribution in [0.3, 0.4) is 0 Å². The van der Waals surface area contributed by atoms with Gasteiger partial charge in [-0.1, -0.05) is 129 Å². The zero-order valence-corrected chi connectivity index (χ0v) is 22.8. The van der Waals surface area contributed by atoms with E-state index in [1.54, 1.807) is 4.90 Å². The molecule has 0 saturated heterocycles. The third kappa shape index (κ3) is 29.7. The number of ketones is 1. The fourth-order valence-electron chi connectivity index (χ4n) is 4.42. The highest BCUT2D eigenvalue weighted by Gasteiger charge is 1.98. The second-order valence-corrected chi connectivity index (χ2v) is 10.2. The van der Waals surface area contributed by atoms with Crippen molar-refractivity contribution in [3.05, 3.63) is 12.7 Å². The van der Waals surface area contributed by atoms with Gasteiger partial charge in [-0.25, -0.2) is 0 Å². The molecule has 0 amide bonds. The summed E-state index contributed by atoms with van der Waals surface area (Å²) in [7, 11) is 4.51. The summed E-state index contributed by atoms with van der Waals surface area (Å²) in [6.45, 7) is 4.86. The average molecular weight is 472 g/mol. The van der Waals surface area contributed by atoms with E-state index in [1.807, 2.05) is 0 Å². The largest absolute Gasteiger partial charge is 1.00 e. The molecule has 0 aromatic rings. The Morgan fingerprint density at radius 2 is 0.781 bits per heavy atom. The maximum Gasteiger partial charge on any atom is 0.155 e. The number of carbonyl (C=O) groups excluding carboxylic acids is 1. The van der Waals surface area contributed by atoms with E-state index in [0.29, 0.717) is 6.42 Å². The molecule has 192 valence electrons. The van der Waals surface area contributed by atoms with Crippen molar-refractivity contribution in [2.45, 2.75) is 148 Å². The molecule has 0 aliphatic heterocycles. The van der Waals surface area contributed by atoms with Crippen LogP contribution in [0.1, 0.15) is 148 Å². The van der Waals surface area contributed by atoms with Gasteiger partial charge in [0.2, 0.25) is 0 Å². The lowest BCUT2D eigenvalue weighted by atomic mass is 10.0. The van der Waals surface area contributed by atoms with E-state index in [9.17, 15) is 4.79 Å². The van der Waals surface area contributed by atoms with Crippen LogP contribution in [0.5, 0.6) is 0 Å². The number of halogens is 1. The van der Waals surface area contributed by atoms with E-state index < -0.39 is 0 Å². The zero-order valence-electron chi connectivity index (χ0n) is 22.0. The molecule has 0 aromatic carbocycles. The standard InChI is InChI=1S/C29H57NO.ClH/c1-4-29(31)27-25-23-21-19-17-15-13-11-9-7-5-6-8-10-12-14-16-18-20-22-24-26-28-30(2)3;/h4H,1,5-28H2,2-3H3;1H. The van der Waals surface area contributed by atoms with Crippen LogP contribution in [0.25, 0.3) is 0 Å². The Hall–Kier alpha value is -0.340. The molecule has 0 bridgehead atoms. The Bertz CT molecular complexity index is 383. The van der Waals surface area contributed by atoms with E-state index >= 15 is 0 Å². The predicted octanol–water partition coefficient (Wildman–Crippen LogP) is 4.86. The van der Waals surface area contributed by atoms with Crippen LogP contribution in [0.2, 0.25) is 0 Å². The Morgan fingerprint density at radius 3 is 1.03 bits per heavy atom. The summed E-state index contributed by atoms with van der Waals surface area (Å²) in [4.78, 5) is 12.7. The third-order valence-electron chi connectivity index (χ3n) is 6.58. The van der Waals surface area contributed by atoms with Crippen molar-refractivity contribution >= 4 is 5.78 Å². The van der Waals surface area contributed by atoms with Crippen LogP contribution >= 0.6 is 0 Å². The van der Waals surface area contributed by atoms with Crippen LogP contribution in [-0.2, 0) is 4.79 Å². The molecule has 1 N–H and O–H groups in total. The Morgan fingerprint density at radius 1 is 0.531 bits per heavy atom. The van der Waals surface area contributed by atoms with Crippen LogP contribution in [0.4, 0.5) is 0 Å². The number of allylic oxidation sites excluding steroid dienone is 1. The number of hydrogen-bond acceptors (Lipinski definition) is 1. The van der Waals surface area contributed by atoms with E-state index in [-0.39, 0.29) is 18.2 Å². The Kier molecular flexibility index (Phi) is 30.3. The van der Waals surface area contributed by atoms with Crippen LogP contribution < -0.4 is 17.3 Å². The second kappa shape index (κ2) is 28.7. The lowest BCUT2D eigenvalue weighted by Gasteiger charge is -2.06. The summed E-state index contributed by atoms with van der Waals surface area (Å²) in [5.41, 5.74) is 0. The van der Waals surface area contributed by atoms with Gasteiger partial charge in [-0.3, -0.25) is 4.79 Å². The molecule has 0 fully saturated rings. The monoisotopic (exact) mass is 471 g/mol. The highest BCUT2D eigenvalue weighted by Crippen LogP contribution is 2.15. The van der Waals surface area contributed by atoms with Gasteiger partial charge in [0.1, 0.15) is 0 Å². The molecule has 2 nitrogen and oxygen atoms in total. The Labute approximate surface area is 208 Å². The predicted molar refractivity (Wildman–Crippen MR) is 139 cm³/mol. The normalized spacial score (nSPS) is 11.0. The first-order valence-electron chi connectivity index (χ1n) is 14.1. The molecule has 0 aliphatic rings. The average Bonchev–Trinajstić information content (AvgIpc) is 2.76. The summed E-state index contributed by atoms with van der Waals surface area (Å²) in [5, 5.41) is 0. The quantitative estimate of drug-likeness (QED) is 0.141. The molecule has 0 spiro atoms. The summed E-state index contributed by atoms with van der Waals surface area (Å²) in [6, 6.07) is 0. The van der Waals surface area contributed by atoms with Gasteiger partial charge in [0, 0.05) is 6.42 Å². The maximum atomic E-state index is 11.1. The molecule has 0 aromatic heterocycles. The molecule has 0 aliphatic carbocycles. The highest BCUT2D eigenvalue weighted by molar-refractivity contribution is 5.88. The van der Waals surface area contributed by atoms with Gasteiger partial charge in [0.05, 0.1) is 20.6 Å². The molecule has 0 unspecified atom stereocenters. The Balaban J connectivity index is 0. The van der Waals surface area contributed by atoms with Gasteiger partial charge < -0.3 is 17.3 Å². The number of carbonyl (C=O) groups is 1. The smallest absolute Gasteiger partial charge is 0.155 e. The number of quaternary nitrogens is 1. The fourth-order valence-corrected chi connectivity index (χ4v) is 4.42. The first-order valence-corrected chi connectivity index (χ1v) is 14.1. The molecule has 0 radical (unpaired) electrons. The third-order valence-corrected chi connectivity index (χ3v) is 6.58. The summed E-state index contributed by atoms with van der Waals surface area (Å²) in [5.74, 6) is 0.202. The van der Waals surface area contributed by atoms with Crippen LogP contribution in [-0.4, -0.2) is 26.4 Å². The number of nitrogens with one attached hydrogen (secondary N) is 1.